The third-order valence-corrected chi connectivity index (χ3v) is 4.69. The highest BCUT2D eigenvalue weighted by Crippen LogP contribution is 2.38. The van der Waals surface area contributed by atoms with Gasteiger partial charge in [-0.05, 0) is 12.8 Å². The largest absolute Gasteiger partial charge is 0.422 e. The van der Waals surface area contributed by atoms with Crippen molar-refractivity contribution in [3.8, 4) is 0 Å². The normalized spacial score (nSPS) is 26.9. The molecule has 1 heterocycles. The van der Waals surface area contributed by atoms with Gasteiger partial charge < -0.3 is 14.2 Å². The molecule has 8 heteroatoms. The van der Waals surface area contributed by atoms with Crippen molar-refractivity contribution in [2.75, 3.05) is 19.9 Å². The van der Waals surface area contributed by atoms with E-state index in [1.807, 2.05) is 0 Å². The fourth-order valence-corrected chi connectivity index (χ4v) is 3.00. The Balaban J connectivity index is 1.76. The first-order valence-corrected chi connectivity index (χ1v) is 9.40. The maximum atomic E-state index is 13.3. The van der Waals surface area contributed by atoms with E-state index in [-0.39, 0.29) is 6.42 Å². The number of hydrogen-bond acceptors (Lipinski definition) is 3. The van der Waals surface area contributed by atoms with Gasteiger partial charge in [0.25, 0.3) is 0 Å². The zero-order valence-electron chi connectivity index (χ0n) is 15.4. The molecule has 0 radical (unpaired) electrons. The van der Waals surface area contributed by atoms with Crippen molar-refractivity contribution >= 4 is 0 Å². The van der Waals surface area contributed by atoms with Crippen molar-refractivity contribution in [3.63, 3.8) is 0 Å². The standard InChI is InChI=1S/C19H27F5O3/c1-2-3-4-5-6-14-11-25-17(26-12-14)15-7-9-16(10-8-15)27-19(23,24)18(21,22)13-20/h7-9,14,16-17H,2-6,10-13H2,1H3. The Labute approximate surface area is 156 Å². The van der Waals surface area contributed by atoms with Crippen molar-refractivity contribution in [1.29, 1.82) is 0 Å². The van der Waals surface area contributed by atoms with Crippen LogP contribution in [-0.2, 0) is 14.2 Å². The molecule has 0 spiro atoms. The molecule has 1 fully saturated rings. The summed E-state index contributed by atoms with van der Waals surface area (Å²) in [5.41, 5.74) is 0.639. The van der Waals surface area contributed by atoms with Crippen LogP contribution in [0.1, 0.15) is 45.4 Å². The van der Waals surface area contributed by atoms with Gasteiger partial charge in [-0.3, -0.25) is 0 Å². The first-order chi connectivity index (χ1) is 12.8. The van der Waals surface area contributed by atoms with E-state index < -0.39 is 31.1 Å². The van der Waals surface area contributed by atoms with Crippen LogP contribution in [0, 0.1) is 5.92 Å². The average Bonchev–Trinajstić information content (AvgIpc) is 2.66. The summed E-state index contributed by atoms with van der Waals surface area (Å²) in [7, 11) is 0. The van der Waals surface area contributed by atoms with Gasteiger partial charge in [0.2, 0.25) is 0 Å². The molecule has 0 saturated carbocycles. The molecule has 1 unspecified atom stereocenters. The van der Waals surface area contributed by atoms with Gasteiger partial charge in [-0.1, -0.05) is 50.8 Å². The highest BCUT2D eigenvalue weighted by Gasteiger charge is 2.59. The molecular weight excluding hydrogens is 371 g/mol. The molecule has 1 saturated heterocycles. The van der Waals surface area contributed by atoms with Gasteiger partial charge in [-0.25, -0.2) is 4.39 Å². The lowest BCUT2D eigenvalue weighted by Gasteiger charge is -2.32. The van der Waals surface area contributed by atoms with Crippen LogP contribution in [0.25, 0.3) is 0 Å². The summed E-state index contributed by atoms with van der Waals surface area (Å²) in [6.45, 7) is 0.790. The SMILES string of the molecule is CCCCCCC1COC(C2=CCC(OC(F)(F)C(F)(F)CF)C=C2)OC1. The highest BCUT2D eigenvalue weighted by atomic mass is 19.3. The Morgan fingerprint density at radius 3 is 2.37 bits per heavy atom. The molecule has 1 atom stereocenters. The summed E-state index contributed by atoms with van der Waals surface area (Å²) in [5, 5.41) is 0. The minimum Gasteiger partial charge on any atom is -0.348 e. The summed E-state index contributed by atoms with van der Waals surface area (Å²) >= 11 is 0. The molecule has 0 N–H and O–H groups in total. The molecule has 3 nitrogen and oxygen atoms in total. The number of rotatable bonds is 10. The minimum atomic E-state index is -4.87. The van der Waals surface area contributed by atoms with Gasteiger partial charge in [0, 0.05) is 11.5 Å². The van der Waals surface area contributed by atoms with Crippen molar-refractivity contribution < 1.29 is 36.2 Å². The fraction of sp³-hybridized carbons (Fsp3) is 0.789. The second kappa shape index (κ2) is 9.98. The Morgan fingerprint density at radius 2 is 1.81 bits per heavy atom. The van der Waals surface area contributed by atoms with E-state index in [4.69, 9.17) is 9.47 Å². The summed E-state index contributed by atoms with van der Waals surface area (Å²) in [4.78, 5) is 0. The number of hydrogen-bond donors (Lipinski definition) is 0. The predicted octanol–water partition coefficient (Wildman–Crippen LogP) is 5.42. The van der Waals surface area contributed by atoms with E-state index in [2.05, 4.69) is 11.7 Å². The van der Waals surface area contributed by atoms with E-state index in [1.54, 1.807) is 6.08 Å². The van der Waals surface area contributed by atoms with E-state index >= 15 is 0 Å². The van der Waals surface area contributed by atoms with E-state index in [0.717, 1.165) is 12.8 Å². The second-order valence-electron chi connectivity index (χ2n) is 7.02. The maximum absolute atomic E-state index is 13.3. The zero-order valence-corrected chi connectivity index (χ0v) is 15.4. The lowest BCUT2D eigenvalue weighted by atomic mass is 10.0. The van der Waals surface area contributed by atoms with Gasteiger partial charge in [-0.2, -0.15) is 17.6 Å². The molecule has 0 aromatic carbocycles. The topological polar surface area (TPSA) is 27.7 Å². The minimum absolute atomic E-state index is 0.0482. The third kappa shape index (κ3) is 6.26. The first-order valence-electron chi connectivity index (χ1n) is 9.40. The molecule has 0 aromatic heterocycles. The summed E-state index contributed by atoms with van der Waals surface area (Å²) in [5.74, 6) is -4.52. The van der Waals surface area contributed by atoms with Crippen LogP contribution in [-0.4, -0.2) is 44.3 Å². The molecule has 0 aromatic rings. The molecule has 156 valence electrons. The molecule has 2 rings (SSSR count). The van der Waals surface area contributed by atoms with Gasteiger partial charge in [0.1, 0.15) is 0 Å². The smallest absolute Gasteiger partial charge is 0.348 e. The summed E-state index contributed by atoms with van der Waals surface area (Å²) in [6.07, 6.45) is 3.24. The average molecular weight is 398 g/mol. The number of unbranched alkanes of at least 4 members (excludes halogenated alkanes) is 3. The molecule has 2 aliphatic rings. The van der Waals surface area contributed by atoms with Crippen molar-refractivity contribution in [1.82, 2.24) is 0 Å². The first kappa shape index (κ1) is 22.3. The second-order valence-corrected chi connectivity index (χ2v) is 7.02. The van der Waals surface area contributed by atoms with Gasteiger partial charge in [0.15, 0.2) is 13.0 Å². The summed E-state index contributed by atoms with van der Waals surface area (Å²) in [6, 6.07) is 0. The Morgan fingerprint density at radius 1 is 1.11 bits per heavy atom. The van der Waals surface area contributed by atoms with E-state index in [1.165, 1.54) is 31.4 Å². The van der Waals surface area contributed by atoms with Crippen molar-refractivity contribution in [3.05, 3.63) is 23.8 Å². The molecular formula is C19H27F5O3. The monoisotopic (exact) mass is 398 g/mol. The molecule has 0 amide bonds. The predicted molar refractivity (Wildman–Crippen MR) is 90.5 cm³/mol. The number of alkyl halides is 5. The van der Waals surface area contributed by atoms with Crippen molar-refractivity contribution in [2.45, 2.75) is 69.9 Å². The lowest BCUT2D eigenvalue weighted by molar-refractivity contribution is -0.358. The van der Waals surface area contributed by atoms with Crippen LogP contribution in [0.4, 0.5) is 22.0 Å². The molecule has 1 aliphatic heterocycles. The molecule has 1 aliphatic carbocycles. The van der Waals surface area contributed by atoms with Crippen LogP contribution >= 0.6 is 0 Å². The van der Waals surface area contributed by atoms with Crippen LogP contribution in [0.2, 0.25) is 0 Å². The molecule has 27 heavy (non-hydrogen) atoms. The van der Waals surface area contributed by atoms with Gasteiger partial charge in [0.05, 0.1) is 19.3 Å². The van der Waals surface area contributed by atoms with Gasteiger partial charge in [-0.15, -0.1) is 0 Å². The van der Waals surface area contributed by atoms with Gasteiger partial charge >= 0.3 is 12.0 Å². The molecule has 0 bridgehead atoms. The van der Waals surface area contributed by atoms with Crippen LogP contribution < -0.4 is 0 Å². The van der Waals surface area contributed by atoms with Crippen LogP contribution in [0.15, 0.2) is 23.8 Å². The summed E-state index contributed by atoms with van der Waals surface area (Å²) < 4.78 is 80.0. The number of halogens is 5. The fourth-order valence-electron chi connectivity index (χ4n) is 3.00. The lowest BCUT2D eigenvalue weighted by Crippen LogP contribution is -2.46. The van der Waals surface area contributed by atoms with E-state index in [9.17, 15) is 22.0 Å². The van der Waals surface area contributed by atoms with Crippen molar-refractivity contribution in [2.24, 2.45) is 5.92 Å². The Kier molecular flexibility index (Phi) is 8.24. The highest BCUT2D eigenvalue weighted by molar-refractivity contribution is 5.27. The van der Waals surface area contributed by atoms with Crippen LogP contribution in [0.5, 0.6) is 0 Å². The Bertz CT molecular complexity index is 513. The maximum Gasteiger partial charge on any atom is 0.422 e. The zero-order chi connectivity index (χ0) is 19.9. The quantitative estimate of drug-likeness (QED) is 0.364. The number of ether oxygens (including phenoxy) is 3. The van der Waals surface area contributed by atoms with E-state index in [0.29, 0.717) is 24.7 Å². The van der Waals surface area contributed by atoms with Crippen LogP contribution in [0.3, 0.4) is 0 Å². The third-order valence-electron chi connectivity index (χ3n) is 4.69. The Hall–Kier alpha value is -0.990.